The molecule has 0 radical (unpaired) electrons. The van der Waals surface area contributed by atoms with E-state index in [2.05, 4.69) is 9.89 Å². The molecule has 0 aromatic heterocycles. The van der Waals surface area contributed by atoms with E-state index in [-0.39, 0.29) is 36.4 Å². The molecule has 1 aliphatic rings. The largest absolute Gasteiger partial charge is 0.380 e. The summed E-state index contributed by atoms with van der Waals surface area (Å²) in [6, 6.07) is 4.96. The fourth-order valence-corrected chi connectivity index (χ4v) is 2.96. The average Bonchev–Trinajstić information content (AvgIpc) is 2.49. The van der Waals surface area contributed by atoms with Gasteiger partial charge in [-0.05, 0) is 17.7 Å². The minimum atomic E-state index is -0.249. The van der Waals surface area contributed by atoms with E-state index >= 15 is 0 Å². The Kier molecular flexibility index (Phi) is 8.35. The van der Waals surface area contributed by atoms with Crippen molar-refractivity contribution in [1.82, 2.24) is 4.90 Å². The smallest absolute Gasteiger partial charge is 0.191 e. The van der Waals surface area contributed by atoms with Crippen LogP contribution in [-0.2, 0) is 17.9 Å². The van der Waals surface area contributed by atoms with Crippen LogP contribution in [0.4, 0.5) is 4.39 Å². The molecule has 1 aliphatic heterocycles. The summed E-state index contributed by atoms with van der Waals surface area (Å²) in [6.07, 6.45) is 0. The number of ether oxygens (including phenoxy) is 1. The van der Waals surface area contributed by atoms with E-state index < -0.39 is 0 Å². The van der Waals surface area contributed by atoms with Crippen LogP contribution in [0.1, 0.15) is 11.1 Å². The monoisotopic (exact) mass is 425 g/mol. The first-order valence-corrected chi connectivity index (χ1v) is 7.75. The van der Waals surface area contributed by atoms with Gasteiger partial charge < -0.3 is 15.4 Å². The zero-order chi connectivity index (χ0) is 14.4. The van der Waals surface area contributed by atoms with Crippen LogP contribution in [0.3, 0.4) is 0 Å². The van der Waals surface area contributed by atoms with Crippen molar-refractivity contribution in [3.05, 3.63) is 35.1 Å². The summed E-state index contributed by atoms with van der Waals surface area (Å²) in [5.41, 5.74) is 7.48. The van der Waals surface area contributed by atoms with Crippen LogP contribution in [0, 0.1) is 5.82 Å². The molecule has 1 saturated heterocycles. The van der Waals surface area contributed by atoms with E-state index in [4.69, 9.17) is 10.5 Å². The number of hydrogen-bond acceptors (Lipinski definition) is 3. The third-order valence-electron chi connectivity index (χ3n) is 3.17. The Morgan fingerprint density at radius 2 is 2.14 bits per heavy atom. The molecule has 2 rings (SSSR count). The molecule has 0 atom stereocenters. The SMILES string of the molecule is COCc1cc(CN=C(N)N2CCSCC2)ccc1F.I. The minimum Gasteiger partial charge on any atom is -0.380 e. The molecule has 2 N–H and O–H groups in total. The number of rotatable bonds is 4. The fraction of sp³-hybridized carbons (Fsp3) is 0.500. The standard InChI is InChI=1S/C14H20FN3OS.HI/c1-19-10-12-8-11(2-3-13(12)15)9-17-14(16)18-4-6-20-7-5-18;/h2-3,8H,4-7,9-10H2,1H3,(H2,16,17);1H. The van der Waals surface area contributed by atoms with Gasteiger partial charge in [0.2, 0.25) is 0 Å². The van der Waals surface area contributed by atoms with Gasteiger partial charge in [0.1, 0.15) is 5.82 Å². The molecule has 21 heavy (non-hydrogen) atoms. The quantitative estimate of drug-likeness (QED) is 0.458. The van der Waals surface area contributed by atoms with Gasteiger partial charge in [-0.1, -0.05) is 6.07 Å². The van der Waals surface area contributed by atoms with Crippen LogP contribution in [0.15, 0.2) is 23.2 Å². The zero-order valence-corrected chi connectivity index (χ0v) is 15.2. The van der Waals surface area contributed by atoms with E-state index in [0.717, 1.165) is 30.2 Å². The zero-order valence-electron chi connectivity index (χ0n) is 12.0. The maximum Gasteiger partial charge on any atom is 0.191 e. The van der Waals surface area contributed by atoms with Crippen molar-refractivity contribution in [2.24, 2.45) is 10.7 Å². The summed E-state index contributed by atoms with van der Waals surface area (Å²) in [4.78, 5) is 6.49. The summed E-state index contributed by atoms with van der Waals surface area (Å²) in [5, 5.41) is 0. The second kappa shape index (κ2) is 9.47. The van der Waals surface area contributed by atoms with E-state index in [9.17, 15) is 4.39 Å². The summed E-state index contributed by atoms with van der Waals surface area (Å²) in [7, 11) is 1.55. The minimum absolute atomic E-state index is 0. The van der Waals surface area contributed by atoms with Gasteiger partial charge in [-0.15, -0.1) is 24.0 Å². The number of nitrogens with zero attached hydrogens (tertiary/aromatic N) is 2. The van der Waals surface area contributed by atoms with Crippen molar-refractivity contribution in [3.8, 4) is 0 Å². The van der Waals surface area contributed by atoms with Gasteiger partial charge in [-0.25, -0.2) is 9.38 Å². The Bertz CT molecular complexity index is 481. The maximum absolute atomic E-state index is 13.5. The molecule has 1 heterocycles. The molecule has 118 valence electrons. The second-order valence-corrected chi connectivity index (χ2v) is 5.86. The molecule has 1 fully saturated rings. The Morgan fingerprint density at radius 3 is 2.81 bits per heavy atom. The first kappa shape index (κ1) is 18.5. The van der Waals surface area contributed by atoms with Crippen LogP contribution in [0.5, 0.6) is 0 Å². The van der Waals surface area contributed by atoms with Gasteiger partial charge in [-0.2, -0.15) is 11.8 Å². The first-order valence-electron chi connectivity index (χ1n) is 6.59. The molecular weight excluding hydrogens is 404 g/mol. The molecule has 0 bridgehead atoms. The van der Waals surface area contributed by atoms with Crippen molar-refractivity contribution >= 4 is 41.7 Å². The van der Waals surface area contributed by atoms with Gasteiger partial charge in [0, 0.05) is 37.3 Å². The molecular formula is C14H21FIN3OS. The highest BCUT2D eigenvalue weighted by Gasteiger charge is 2.12. The lowest BCUT2D eigenvalue weighted by atomic mass is 10.1. The molecule has 0 aliphatic carbocycles. The lowest BCUT2D eigenvalue weighted by Crippen LogP contribution is -2.42. The highest BCUT2D eigenvalue weighted by atomic mass is 127. The number of methoxy groups -OCH3 is 1. The Labute approximate surface area is 146 Å². The van der Waals surface area contributed by atoms with Gasteiger partial charge in [0.05, 0.1) is 13.2 Å². The third kappa shape index (κ3) is 5.63. The molecule has 0 saturated carbocycles. The average molecular weight is 425 g/mol. The van der Waals surface area contributed by atoms with Crippen LogP contribution in [-0.4, -0.2) is 42.6 Å². The number of halogens is 2. The predicted octanol–water partition coefficient (Wildman–Crippen LogP) is 2.45. The first-order chi connectivity index (χ1) is 9.70. The summed E-state index contributed by atoms with van der Waals surface area (Å²) < 4.78 is 18.5. The highest BCUT2D eigenvalue weighted by Crippen LogP contribution is 2.13. The van der Waals surface area contributed by atoms with E-state index in [1.807, 2.05) is 11.8 Å². The maximum atomic E-state index is 13.5. The van der Waals surface area contributed by atoms with Crippen molar-refractivity contribution in [1.29, 1.82) is 0 Å². The topological polar surface area (TPSA) is 50.9 Å². The normalized spacial score (nSPS) is 15.7. The van der Waals surface area contributed by atoms with Crippen LogP contribution in [0.25, 0.3) is 0 Å². The van der Waals surface area contributed by atoms with E-state index in [1.54, 1.807) is 19.2 Å². The summed E-state index contributed by atoms with van der Waals surface area (Å²) in [6.45, 7) is 2.62. The van der Waals surface area contributed by atoms with Crippen LogP contribution >= 0.6 is 35.7 Å². The Balaban J connectivity index is 0.00000220. The molecule has 4 nitrogen and oxygen atoms in total. The summed E-state index contributed by atoms with van der Waals surface area (Å²) in [5.74, 6) is 2.50. The number of aliphatic imine (C=N–C) groups is 1. The molecule has 7 heteroatoms. The molecule has 0 unspecified atom stereocenters. The van der Waals surface area contributed by atoms with E-state index in [1.165, 1.54) is 6.07 Å². The molecule has 0 spiro atoms. The number of guanidine groups is 1. The second-order valence-electron chi connectivity index (χ2n) is 4.63. The molecule has 1 aromatic carbocycles. The number of hydrogen-bond donors (Lipinski definition) is 1. The summed E-state index contributed by atoms with van der Waals surface area (Å²) >= 11 is 1.93. The Morgan fingerprint density at radius 1 is 1.43 bits per heavy atom. The number of benzene rings is 1. The van der Waals surface area contributed by atoms with Gasteiger partial charge >= 0.3 is 0 Å². The molecule has 0 amide bonds. The van der Waals surface area contributed by atoms with Crippen LogP contribution < -0.4 is 5.73 Å². The van der Waals surface area contributed by atoms with Gasteiger partial charge in [0.25, 0.3) is 0 Å². The van der Waals surface area contributed by atoms with E-state index in [0.29, 0.717) is 18.1 Å². The van der Waals surface area contributed by atoms with Crippen molar-refractivity contribution in [2.75, 3.05) is 31.7 Å². The third-order valence-corrected chi connectivity index (χ3v) is 4.11. The lowest BCUT2D eigenvalue weighted by Gasteiger charge is -2.27. The van der Waals surface area contributed by atoms with Crippen molar-refractivity contribution < 1.29 is 9.13 Å². The predicted molar refractivity (Wildman–Crippen MR) is 96.8 cm³/mol. The Hall–Kier alpha value is -0.540. The highest BCUT2D eigenvalue weighted by molar-refractivity contribution is 14.0. The fourth-order valence-electron chi connectivity index (χ4n) is 2.06. The number of nitrogens with two attached hydrogens (primary N) is 1. The molecule has 1 aromatic rings. The van der Waals surface area contributed by atoms with Crippen LogP contribution in [0.2, 0.25) is 0 Å². The number of thioether (sulfide) groups is 1. The van der Waals surface area contributed by atoms with Gasteiger partial charge in [0.15, 0.2) is 5.96 Å². The van der Waals surface area contributed by atoms with Crippen molar-refractivity contribution in [2.45, 2.75) is 13.2 Å². The van der Waals surface area contributed by atoms with Crippen molar-refractivity contribution in [3.63, 3.8) is 0 Å². The van der Waals surface area contributed by atoms with Gasteiger partial charge in [-0.3, -0.25) is 0 Å². The lowest BCUT2D eigenvalue weighted by molar-refractivity contribution is 0.181.